The average molecular weight is 227 g/mol. The Morgan fingerprint density at radius 1 is 1.38 bits per heavy atom. The largest absolute Gasteiger partial charge is 0.519 e. The Balaban J connectivity index is 3.43. The number of nitrogens with zero attached hydrogens (tertiary/aromatic N) is 2. The zero-order chi connectivity index (χ0) is 12.6. The molecule has 6 heteroatoms. The second kappa shape index (κ2) is 3.71. The van der Waals surface area contributed by atoms with Gasteiger partial charge in [-0.25, -0.2) is 4.79 Å². The number of aliphatic imine (C=N–C) groups is 1. The zero-order valence-electron chi connectivity index (χ0n) is 9.47. The first-order valence-corrected chi connectivity index (χ1v) is 4.81. The minimum Gasteiger partial charge on any atom is -0.474 e. The summed E-state index contributed by atoms with van der Waals surface area (Å²) in [4.78, 5) is 26.3. The molecule has 1 heterocycles. The summed E-state index contributed by atoms with van der Waals surface area (Å²) in [7, 11) is 0. The van der Waals surface area contributed by atoms with Gasteiger partial charge in [0.05, 0.1) is 12.4 Å². The molecule has 0 saturated carbocycles. The summed E-state index contributed by atoms with van der Waals surface area (Å²) in [6.45, 7) is 5.11. The minimum atomic E-state index is -1.26. The van der Waals surface area contributed by atoms with Gasteiger partial charge in [0, 0.05) is 0 Å². The molecule has 0 fully saturated rings. The number of hydrogen-bond donors (Lipinski definition) is 2. The van der Waals surface area contributed by atoms with E-state index >= 15 is 0 Å². The molecular weight excluding hydrogens is 212 g/mol. The number of aliphatic carboxylic acids is 1. The summed E-state index contributed by atoms with van der Waals surface area (Å²) in [5.74, 6) is -1.26. The SMILES string of the molecule is CC(C)(C)[N+]1(C(=O)O)CC=NC=C1C(=O)O. The Bertz CT molecular complexity index is 392. The maximum absolute atomic E-state index is 11.4. The van der Waals surface area contributed by atoms with Crippen molar-refractivity contribution in [3.63, 3.8) is 0 Å². The molecule has 0 aromatic carbocycles. The third-order valence-corrected chi connectivity index (χ3v) is 2.76. The van der Waals surface area contributed by atoms with E-state index in [1.165, 1.54) is 6.21 Å². The second-order valence-corrected chi connectivity index (χ2v) is 4.60. The van der Waals surface area contributed by atoms with E-state index < -0.39 is 22.1 Å². The van der Waals surface area contributed by atoms with E-state index in [2.05, 4.69) is 4.99 Å². The number of amides is 1. The molecule has 0 aromatic rings. The normalized spacial score (nSPS) is 25.1. The lowest BCUT2D eigenvalue weighted by Crippen LogP contribution is -2.65. The molecule has 1 rings (SSSR count). The molecule has 1 atom stereocenters. The van der Waals surface area contributed by atoms with Crippen LogP contribution in [0.5, 0.6) is 0 Å². The molecule has 1 unspecified atom stereocenters. The number of carboxylic acid groups (broad SMARTS) is 2. The van der Waals surface area contributed by atoms with Crippen LogP contribution in [0.15, 0.2) is 16.9 Å². The highest BCUT2D eigenvalue weighted by Gasteiger charge is 2.54. The number of carbonyl (C=O) groups is 2. The molecule has 16 heavy (non-hydrogen) atoms. The summed E-state index contributed by atoms with van der Waals surface area (Å²) in [5, 5.41) is 18.4. The molecule has 0 spiro atoms. The van der Waals surface area contributed by atoms with Crippen molar-refractivity contribution in [2.45, 2.75) is 26.3 Å². The minimum absolute atomic E-state index is 0.0387. The number of hydrogen-bond acceptors (Lipinski definition) is 3. The van der Waals surface area contributed by atoms with Crippen LogP contribution in [0.2, 0.25) is 0 Å². The highest BCUT2D eigenvalue weighted by atomic mass is 16.4. The molecule has 0 saturated heterocycles. The van der Waals surface area contributed by atoms with Gasteiger partial charge in [-0.2, -0.15) is 9.28 Å². The van der Waals surface area contributed by atoms with Gasteiger partial charge < -0.3 is 10.2 Å². The van der Waals surface area contributed by atoms with E-state index in [-0.39, 0.29) is 12.2 Å². The number of quaternary nitrogens is 1. The second-order valence-electron chi connectivity index (χ2n) is 4.60. The van der Waals surface area contributed by atoms with Crippen LogP contribution in [-0.2, 0) is 4.79 Å². The van der Waals surface area contributed by atoms with Crippen molar-refractivity contribution >= 4 is 18.3 Å². The van der Waals surface area contributed by atoms with Gasteiger partial charge in [0.25, 0.3) is 0 Å². The summed E-state index contributed by atoms with van der Waals surface area (Å²) in [5.41, 5.74) is -0.981. The quantitative estimate of drug-likeness (QED) is 0.661. The van der Waals surface area contributed by atoms with Gasteiger partial charge in [0.1, 0.15) is 12.1 Å². The molecule has 6 nitrogen and oxygen atoms in total. The van der Waals surface area contributed by atoms with Crippen molar-refractivity contribution < 1.29 is 24.3 Å². The van der Waals surface area contributed by atoms with Gasteiger partial charge >= 0.3 is 12.1 Å². The topological polar surface area (TPSA) is 87.0 Å². The molecule has 1 amide bonds. The van der Waals surface area contributed by atoms with Crippen LogP contribution in [0.1, 0.15) is 20.8 Å². The van der Waals surface area contributed by atoms with Gasteiger partial charge in [0.15, 0.2) is 0 Å². The first-order chi connectivity index (χ1) is 7.23. The summed E-state index contributed by atoms with van der Waals surface area (Å²) >= 11 is 0. The van der Waals surface area contributed by atoms with Crippen LogP contribution >= 0.6 is 0 Å². The number of rotatable bonds is 1. The standard InChI is InChI=1S/C10H14N2O4/c1-10(2,3)12(9(15)16)5-4-11-6-7(12)8(13)14/h4,6H,5H2,1-3H3,(H-,13,14,15,16)/p+1. The van der Waals surface area contributed by atoms with E-state index in [9.17, 15) is 14.7 Å². The van der Waals surface area contributed by atoms with Crippen LogP contribution < -0.4 is 0 Å². The Morgan fingerprint density at radius 3 is 2.25 bits per heavy atom. The molecule has 0 aromatic heterocycles. The van der Waals surface area contributed by atoms with Gasteiger partial charge in [-0.3, -0.25) is 4.99 Å². The fraction of sp³-hybridized carbons (Fsp3) is 0.500. The Kier molecular flexibility index (Phi) is 2.87. The fourth-order valence-corrected chi connectivity index (χ4v) is 1.81. The monoisotopic (exact) mass is 227 g/mol. The van der Waals surface area contributed by atoms with Crippen molar-refractivity contribution in [2.24, 2.45) is 4.99 Å². The predicted octanol–water partition coefficient (Wildman–Crippen LogP) is 1.29. The first-order valence-electron chi connectivity index (χ1n) is 4.81. The fourth-order valence-electron chi connectivity index (χ4n) is 1.81. The van der Waals surface area contributed by atoms with Crippen molar-refractivity contribution in [1.29, 1.82) is 0 Å². The Hall–Kier alpha value is -1.69. The van der Waals surface area contributed by atoms with E-state index in [1.54, 1.807) is 20.8 Å². The van der Waals surface area contributed by atoms with Crippen molar-refractivity contribution in [2.75, 3.05) is 6.54 Å². The molecule has 1 aliphatic rings. The molecule has 0 radical (unpaired) electrons. The highest BCUT2D eigenvalue weighted by molar-refractivity contribution is 5.88. The van der Waals surface area contributed by atoms with Crippen LogP contribution in [0.25, 0.3) is 0 Å². The lowest BCUT2D eigenvalue weighted by Gasteiger charge is -2.42. The lowest BCUT2D eigenvalue weighted by molar-refractivity contribution is -0.855. The summed E-state index contributed by atoms with van der Waals surface area (Å²) < 4.78 is -0.647. The molecule has 0 aliphatic carbocycles. The molecule has 2 N–H and O–H groups in total. The molecule has 88 valence electrons. The molecular formula is C10H15N2O4+. The van der Waals surface area contributed by atoms with Gasteiger partial charge in [-0.05, 0) is 20.8 Å². The summed E-state index contributed by atoms with van der Waals surface area (Å²) in [6.07, 6.45) is 1.34. The maximum atomic E-state index is 11.4. The van der Waals surface area contributed by atoms with Crippen LogP contribution in [0, 0.1) is 0 Å². The van der Waals surface area contributed by atoms with Crippen LogP contribution in [0.4, 0.5) is 4.79 Å². The molecule has 0 bridgehead atoms. The average Bonchev–Trinajstić information content (AvgIpc) is 2.15. The van der Waals surface area contributed by atoms with Gasteiger partial charge in [-0.1, -0.05) is 0 Å². The smallest absolute Gasteiger partial charge is 0.474 e. The van der Waals surface area contributed by atoms with E-state index in [1.807, 2.05) is 0 Å². The summed E-state index contributed by atoms with van der Waals surface area (Å²) in [6, 6.07) is 0. The van der Waals surface area contributed by atoms with E-state index in [0.29, 0.717) is 0 Å². The van der Waals surface area contributed by atoms with Crippen molar-refractivity contribution in [3.05, 3.63) is 11.9 Å². The zero-order valence-corrected chi connectivity index (χ0v) is 9.47. The van der Waals surface area contributed by atoms with Crippen LogP contribution in [0.3, 0.4) is 0 Å². The Labute approximate surface area is 93.1 Å². The maximum Gasteiger partial charge on any atom is 0.519 e. The first kappa shape index (κ1) is 12.4. The lowest BCUT2D eigenvalue weighted by atomic mass is 9.99. The predicted molar refractivity (Wildman–Crippen MR) is 57.1 cm³/mol. The highest BCUT2D eigenvalue weighted by Crippen LogP contribution is 2.32. The van der Waals surface area contributed by atoms with Crippen molar-refractivity contribution in [1.82, 2.24) is 0 Å². The molecule has 1 aliphatic heterocycles. The van der Waals surface area contributed by atoms with E-state index in [0.717, 1.165) is 6.20 Å². The van der Waals surface area contributed by atoms with Crippen LogP contribution in [-0.4, -0.2) is 45.1 Å². The third kappa shape index (κ3) is 1.61. The Morgan fingerprint density at radius 2 is 1.94 bits per heavy atom. The number of carboxylic acids is 1. The third-order valence-electron chi connectivity index (χ3n) is 2.76. The van der Waals surface area contributed by atoms with Crippen molar-refractivity contribution in [3.8, 4) is 0 Å². The van der Waals surface area contributed by atoms with Gasteiger partial charge in [0.2, 0.25) is 5.70 Å². The van der Waals surface area contributed by atoms with E-state index in [4.69, 9.17) is 5.11 Å². The van der Waals surface area contributed by atoms with Gasteiger partial charge in [-0.15, -0.1) is 0 Å².